The highest BCUT2D eigenvalue weighted by Crippen LogP contribution is 2.20. The molecule has 0 amide bonds. The third-order valence-electron chi connectivity index (χ3n) is 3.46. The van der Waals surface area contributed by atoms with Crippen LogP contribution in [-0.4, -0.2) is 28.7 Å². The molecule has 1 aromatic heterocycles. The Kier molecular flexibility index (Phi) is 2.82. The zero-order valence-electron chi connectivity index (χ0n) is 9.61. The first kappa shape index (κ1) is 10.1. The van der Waals surface area contributed by atoms with Crippen LogP contribution in [0.3, 0.4) is 0 Å². The molecule has 88 valence electrons. The van der Waals surface area contributed by atoms with Gasteiger partial charge in [-0.3, -0.25) is 0 Å². The normalized spacial score (nSPS) is 21.8. The van der Waals surface area contributed by atoms with Gasteiger partial charge in [0.1, 0.15) is 11.9 Å². The Morgan fingerprint density at radius 2 is 2.19 bits per heavy atom. The Balaban J connectivity index is 1.67. The lowest BCUT2D eigenvalue weighted by Crippen LogP contribution is -2.34. The summed E-state index contributed by atoms with van der Waals surface area (Å²) in [5.74, 6) is 2.04. The predicted molar refractivity (Wildman–Crippen MR) is 61.7 cm³/mol. The minimum atomic E-state index is 0.359. The van der Waals surface area contributed by atoms with Gasteiger partial charge in [-0.2, -0.15) is 4.98 Å². The highest BCUT2D eigenvalue weighted by atomic mass is 16.5. The highest BCUT2D eigenvalue weighted by molar-refractivity contribution is 5.12. The smallest absolute Gasteiger partial charge is 0.232 e. The van der Waals surface area contributed by atoms with Crippen LogP contribution < -0.4 is 10.1 Å². The molecule has 4 heteroatoms. The molecule has 1 fully saturated rings. The van der Waals surface area contributed by atoms with Gasteiger partial charge in [-0.1, -0.05) is 0 Å². The minimum absolute atomic E-state index is 0.359. The zero-order valence-corrected chi connectivity index (χ0v) is 9.61. The summed E-state index contributed by atoms with van der Waals surface area (Å²) in [7, 11) is 0. The van der Waals surface area contributed by atoms with E-state index >= 15 is 0 Å². The van der Waals surface area contributed by atoms with Crippen molar-refractivity contribution < 1.29 is 4.74 Å². The van der Waals surface area contributed by atoms with E-state index in [0.717, 1.165) is 44.8 Å². The van der Waals surface area contributed by atoms with Crippen LogP contribution in [0.2, 0.25) is 0 Å². The fourth-order valence-electron chi connectivity index (χ4n) is 2.53. The molecule has 0 radical (unpaired) electrons. The third kappa shape index (κ3) is 2.07. The molecule has 0 aliphatic carbocycles. The number of nitrogens with zero attached hydrogens (tertiary/aromatic N) is 2. The number of piperidine rings is 1. The number of hydrogen-bond acceptors (Lipinski definition) is 3. The average molecular weight is 221 g/mol. The van der Waals surface area contributed by atoms with Gasteiger partial charge in [0.25, 0.3) is 0 Å². The van der Waals surface area contributed by atoms with Gasteiger partial charge in [0.2, 0.25) is 5.88 Å². The predicted octanol–water partition coefficient (Wildman–Crippen LogP) is 1.35. The van der Waals surface area contributed by atoms with Gasteiger partial charge < -0.3 is 14.6 Å². The van der Waals surface area contributed by atoms with Crippen molar-refractivity contribution in [3.05, 3.63) is 12.0 Å². The molecule has 0 atom stereocenters. The first-order valence-electron chi connectivity index (χ1n) is 6.35. The SMILES string of the molecule is c1c(OC2CCNCC2)nc2n1CCCC2. The second-order valence-electron chi connectivity index (χ2n) is 4.71. The fourth-order valence-corrected chi connectivity index (χ4v) is 2.53. The van der Waals surface area contributed by atoms with Crippen molar-refractivity contribution in [3.8, 4) is 5.88 Å². The van der Waals surface area contributed by atoms with E-state index in [1.54, 1.807) is 0 Å². The van der Waals surface area contributed by atoms with Crippen LogP contribution in [-0.2, 0) is 13.0 Å². The number of nitrogens with one attached hydrogen (secondary N) is 1. The van der Waals surface area contributed by atoms with Crippen molar-refractivity contribution in [2.45, 2.75) is 44.8 Å². The number of fused-ring (bicyclic) bond motifs is 1. The van der Waals surface area contributed by atoms with Gasteiger partial charge >= 0.3 is 0 Å². The monoisotopic (exact) mass is 221 g/mol. The van der Waals surface area contributed by atoms with Crippen LogP contribution >= 0.6 is 0 Å². The maximum atomic E-state index is 5.94. The second-order valence-corrected chi connectivity index (χ2v) is 4.71. The van der Waals surface area contributed by atoms with Crippen molar-refractivity contribution in [1.82, 2.24) is 14.9 Å². The van der Waals surface area contributed by atoms with Crippen LogP contribution in [0, 0.1) is 0 Å². The molecule has 2 aliphatic heterocycles. The fraction of sp³-hybridized carbons (Fsp3) is 0.750. The van der Waals surface area contributed by atoms with Crippen molar-refractivity contribution in [2.24, 2.45) is 0 Å². The Morgan fingerprint density at radius 3 is 3.00 bits per heavy atom. The topological polar surface area (TPSA) is 39.1 Å². The maximum Gasteiger partial charge on any atom is 0.232 e. The van der Waals surface area contributed by atoms with Crippen LogP contribution in [0.1, 0.15) is 31.5 Å². The van der Waals surface area contributed by atoms with Crippen molar-refractivity contribution in [1.29, 1.82) is 0 Å². The quantitative estimate of drug-likeness (QED) is 0.819. The second kappa shape index (κ2) is 4.45. The van der Waals surface area contributed by atoms with E-state index in [2.05, 4.69) is 21.1 Å². The van der Waals surface area contributed by atoms with E-state index in [1.165, 1.54) is 18.7 Å². The van der Waals surface area contributed by atoms with Crippen LogP contribution in [0.25, 0.3) is 0 Å². The third-order valence-corrected chi connectivity index (χ3v) is 3.46. The minimum Gasteiger partial charge on any atom is -0.473 e. The molecule has 1 saturated heterocycles. The zero-order chi connectivity index (χ0) is 10.8. The van der Waals surface area contributed by atoms with Crippen molar-refractivity contribution in [3.63, 3.8) is 0 Å². The van der Waals surface area contributed by atoms with Crippen LogP contribution in [0.15, 0.2) is 6.20 Å². The first-order chi connectivity index (χ1) is 7.92. The molecular formula is C12H19N3O. The van der Waals surface area contributed by atoms with Crippen LogP contribution in [0.4, 0.5) is 0 Å². The number of ether oxygens (including phenoxy) is 1. The van der Waals surface area contributed by atoms with E-state index < -0.39 is 0 Å². The van der Waals surface area contributed by atoms with Gasteiger partial charge in [-0.25, -0.2) is 0 Å². The van der Waals surface area contributed by atoms with Gasteiger partial charge in [-0.15, -0.1) is 0 Å². The summed E-state index contributed by atoms with van der Waals surface area (Å²) in [6.07, 6.45) is 8.29. The summed E-state index contributed by atoms with van der Waals surface area (Å²) >= 11 is 0. The summed E-state index contributed by atoms with van der Waals surface area (Å²) in [4.78, 5) is 4.57. The molecule has 0 bridgehead atoms. The van der Waals surface area contributed by atoms with Gasteiger partial charge in [0.15, 0.2) is 0 Å². The standard InChI is InChI=1S/C12H19N3O/c1-2-8-15-9-12(14-11(15)3-1)16-10-4-6-13-7-5-10/h9-10,13H,1-8H2. The summed E-state index contributed by atoms with van der Waals surface area (Å²) in [5, 5.41) is 3.34. The Morgan fingerprint density at radius 1 is 1.31 bits per heavy atom. The number of aryl methyl sites for hydroxylation is 2. The Labute approximate surface area is 96.0 Å². The summed E-state index contributed by atoms with van der Waals surface area (Å²) in [6, 6.07) is 0. The van der Waals surface area contributed by atoms with E-state index in [1.807, 2.05) is 0 Å². The Hall–Kier alpha value is -1.03. The lowest BCUT2D eigenvalue weighted by molar-refractivity contribution is 0.156. The van der Waals surface area contributed by atoms with E-state index in [9.17, 15) is 0 Å². The van der Waals surface area contributed by atoms with E-state index in [0.29, 0.717) is 6.10 Å². The summed E-state index contributed by atoms with van der Waals surface area (Å²) in [5.41, 5.74) is 0. The first-order valence-corrected chi connectivity index (χ1v) is 6.35. The van der Waals surface area contributed by atoms with Gasteiger partial charge in [0, 0.05) is 13.0 Å². The average Bonchev–Trinajstić information content (AvgIpc) is 2.72. The lowest BCUT2D eigenvalue weighted by Gasteiger charge is -2.22. The largest absolute Gasteiger partial charge is 0.473 e. The molecule has 0 unspecified atom stereocenters. The van der Waals surface area contributed by atoms with Gasteiger partial charge in [0.05, 0.1) is 6.20 Å². The molecule has 3 rings (SSSR count). The molecule has 16 heavy (non-hydrogen) atoms. The molecule has 3 heterocycles. The van der Waals surface area contributed by atoms with Gasteiger partial charge in [-0.05, 0) is 38.8 Å². The molecule has 4 nitrogen and oxygen atoms in total. The molecule has 0 saturated carbocycles. The summed E-state index contributed by atoms with van der Waals surface area (Å²) < 4.78 is 8.19. The molecule has 2 aliphatic rings. The Bertz CT molecular complexity index is 332. The van der Waals surface area contributed by atoms with Crippen molar-refractivity contribution in [2.75, 3.05) is 13.1 Å². The highest BCUT2D eigenvalue weighted by Gasteiger charge is 2.18. The molecule has 1 N–H and O–H groups in total. The molecule has 0 spiro atoms. The van der Waals surface area contributed by atoms with Crippen molar-refractivity contribution >= 4 is 0 Å². The number of hydrogen-bond donors (Lipinski definition) is 1. The van der Waals surface area contributed by atoms with E-state index in [-0.39, 0.29) is 0 Å². The molecular weight excluding hydrogens is 202 g/mol. The molecule has 0 aromatic carbocycles. The van der Waals surface area contributed by atoms with E-state index in [4.69, 9.17) is 4.74 Å². The number of imidazole rings is 1. The van der Waals surface area contributed by atoms with Crippen LogP contribution in [0.5, 0.6) is 5.88 Å². The molecule has 1 aromatic rings. The summed E-state index contributed by atoms with van der Waals surface area (Å²) in [6.45, 7) is 3.24. The lowest BCUT2D eigenvalue weighted by atomic mass is 10.1. The number of rotatable bonds is 2. The maximum absolute atomic E-state index is 5.94. The number of aromatic nitrogens is 2.